The molecule has 132 valence electrons. The van der Waals surface area contributed by atoms with Crippen molar-refractivity contribution in [2.75, 3.05) is 19.9 Å². The number of carbonyl (C=O) groups is 3. The summed E-state index contributed by atoms with van der Waals surface area (Å²) in [6.07, 6.45) is 0.758. The second kappa shape index (κ2) is 6.51. The number of amides is 2. The number of imide groups is 1. The zero-order chi connectivity index (χ0) is 18.1. The van der Waals surface area contributed by atoms with Gasteiger partial charge in [-0.05, 0) is 30.3 Å². The summed E-state index contributed by atoms with van der Waals surface area (Å²) in [5.41, 5.74) is 0.874. The average molecular weight is 353 g/mol. The third-order valence-electron chi connectivity index (χ3n) is 4.19. The molecule has 2 aliphatic heterocycles. The summed E-state index contributed by atoms with van der Waals surface area (Å²) in [5, 5.41) is 0. The number of ether oxygens (including phenoxy) is 3. The zero-order valence-corrected chi connectivity index (χ0v) is 13.8. The van der Waals surface area contributed by atoms with Gasteiger partial charge < -0.3 is 14.2 Å². The molecule has 4 rings (SSSR count). The van der Waals surface area contributed by atoms with Crippen LogP contribution >= 0.6 is 0 Å². The number of hydrogen-bond acceptors (Lipinski definition) is 6. The highest BCUT2D eigenvalue weighted by Gasteiger charge is 2.35. The van der Waals surface area contributed by atoms with Crippen molar-refractivity contribution in [3.63, 3.8) is 0 Å². The van der Waals surface area contributed by atoms with Crippen molar-refractivity contribution in [2.45, 2.75) is 6.42 Å². The molecule has 2 heterocycles. The van der Waals surface area contributed by atoms with E-state index >= 15 is 0 Å². The number of carbonyl (C=O) groups excluding carboxylic acids is 3. The van der Waals surface area contributed by atoms with Crippen molar-refractivity contribution in [3.05, 3.63) is 59.2 Å². The fraction of sp³-hybridized carbons (Fsp3) is 0.211. The van der Waals surface area contributed by atoms with Gasteiger partial charge in [-0.25, -0.2) is 9.69 Å². The first-order valence-corrected chi connectivity index (χ1v) is 8.17. The molecular formula is C19H15NO6. The highest BCUT2D eigenvalue weighted by Crippen LogP contribution is 2.30. The molecule has 2 aliphatic rings. The number of nitrogens with zero attached hydrogens (tertiary/aromatic N) is 1. The molecule has 0 unspecified atom stereocenters. The van der Waals surface area contributed by atoms with E-state index in [9.17, 15) is 14.4 Å². The largest absolute Gasteiger partial charge is 0.490 e. The SMILES string of the molecule is O=C(OCN1C(=O)c2ccccc2C1=O)c1ccc2c(c1)OCCCO2. The lowest BCUT2D eigenvalue weighted by molar-refractivity contribution is 0.0228. The first-order chi connectivity index (χ1) is 12.6. The van der Waals surface area contributed by atoms with Crippen molar-refractivity contribution in [1.29, 1.82) is 0 Å². The van der Waals surface area contributed by atoms with Gasteiger partial charge in [0, 0.05) is 6.42 Å². The van der Waals surface area contributed by atoms with Crippen molar-refractivity contribution < 1.29 is 28.6 Å². The van der Waals surface area contributed by atoms with Gasteiger partial charge in [0.25, 0.3) is 11.8 Å². The molecule has 0 saturated carbocycles. The average Bonchev–Trinajstić information content (AvgIpc) is 2.83. The Hall–Kier alpha value is -3.35. The summed E-state index contributed by atoms with van der Waals surface area (Å²) in [6, 6.07) is 11.2. The fourth-order valence-electron chi connectivity index (χ4n) is 2.85. The van der Waals surface area contributed by atoms with Gasteiger partial charge >= 0.3 is 5.97 Å². The van der Waals surface area contributed by atoms with Gasteiger partial charge in [0.05, 0.1) is 29.9 Å². The molecule has 0 aromatic heterocycles. The van der Waals surface area contributed by atoms with Gasteiger partial charge in [-0.15, -0.1) is 0 Å². The summed E-state index contributed by atoms with van der Waals surface area (Å²) in [4.78, 5) is 37.7. The number of esters is 1. The van der Waals surface area contributed by atoms with E-state index in [1.807, 2.05) is 0 Å². The topological polar surface area (TPSA) is 82.1 Å². The maximum absolute atomic E-state index is 12.3. The van der Waals surface area contributed by atoms with E-state index < -0.39 is 24.5 Å². The number of rotatable bonds is 3. The summed E-state index contributed by atoms with van der Waals surface area (Å²) in [5.74, 6) is -0.566. The molecule has 2 aromatic rings. The van der Waals surface area contributed by atoms with Crippen LogP contribution in [0.2, 0.25) is 0 Å². The van der Waals surface area contributed by atoms with Crippen LogP contribution in [0.4, 0.5) is 0 Å². The standard InChI is InChI=1S/C19H15NO6/c21-17-13-4-1-2-5-14(13)18(22)20(17)11-26-19(23)12-6-7-15-16(10-12)25-9-3-8-24-15/h1-2,4-7,10H,3,8-9,11H2. The van der Waals surface area contributed by atoms with Crippen molar-refractivity contribution in [1.82, 2.24) is 4.90 Å². The minimum absolute atomic E-state index is 0.255. The second-order valence-electron chi connectivity index (χ2n) is 5.86. The smallest absolute Gasteiger partial charge is 0.340 e. The third-order valence-corrected chi connectivity index (χ3v) is 4.19. The lowest BCUT2D eigenvalue weighted by Gasteiger charge is -2.14. The molecule has 2 aromatic carbocycles. The van der Waals surface area contributed by atoms with Crippen LogP contribution < -0.4 is 9.47 Å². The molecule has 0 bridgehead atoms. The first kappa shape index (κ1) is 16.1. The Morgan fingerprint density at radius 3 is 2.31 bits per heavy atom. The summed E-state index contributed by atoms with van der Waals surface area (Å²) in [6.45, 7) is 0.608. The Kier molecular flexibility index (Phi) is 4.04. The minimum Gasteiger partial charge on any atom is -0.490 e. The monoisotopic (exact) mass is 353 g/mol. The number of benzene rings is 2. The Labute approximate surface area is 149 Å². The number of fused-ring (bicyclic) bond motifs is 2. The summed E-state index contributed by atoms with van der Waals surface area (Å²) in [7, 11) is 0. The van der Waals surface area contributed by atoms with Crippen LogP contribution in [-0.4, -0.2) is 42.6 Å². The molecule has 0 saturated heterocycles. The molecule has 0 spiro atoms. The highest BCUT2D eigenvalue weighted by atomic mass is 16.5. The quantitative estimate of drug-likeness (QED) is 0.622. The van der Waals surface area contributed by atoms with Crippen LogP contribution in [0.5, 0.6) is 11.5 Å². The van der Waals surface area contributed by atoms with Crippen LogP contribution in [0, 0.1) is 0 Å². The van der Waals surface area contributed by atoms with Crippen molar-refractivity contribution >= 4 is 17.8 Å². The zero-order valence-electron chi connectivity index (χ0n) is 13.8. The minimum atomic E-state index is -0.655. The van der Waals surface area contributed by atoms with E-state index in [1.165, 1.54) is 6.07 Å². The Morgan fingerprint density at radius 1 is 0.962 bits per heavy atom. The van der Waals surface area contributed by atoms with Crippen LogP contribution in [0.3, 0.4) is 0 Å². The predicted molar refractivity (Wildman–Crippen MR) is 89.3 cm³/mol. The van der Waals surface area contributed by atoms with Gasteiger partial charge in [0.1, 0.15) is 0 Å². The Bertz CT molecular complexity index is 872. The van der Waals surface area contributed by atoms with E-state index in [0.717, 1.165) is 11.3 Å². The maximum Gasteiger partial charge on any atom is 0.340 e. The Morgan fingerprint density at radius 2 is 1.62 bits per heavy atom. The lowest BCUT2D eigenvalue weighted by Crippen LogP contribution is -2.33. The summed E-state index contributed by atoms with van der Waals surface area (Å²) < 4.78 is 16.2. The molecule has 26 heavy (non-hydrogen) atoms. The van der Waals surface area contributed by atoms with Crippen LogP contribution in [-0.2, 0) is 4.74 Å². The lowest BCUT2D eigenvalue weighted by atomic mass is 10.1. The number of hydrogen-bond donors (Lipinski definition) is 0. The molecule has 0 atom stereocenters. The molecular weight excluding hydrogens is 338 g/mol. The highest BCUT2D eigenvalue weighted by molar-refractivity contribution is 6.21. The molecule has 0 N–H and O–H groups in total. The van der Waals surface area contributed by atoms with Crippen molar-refractivity contribution in [2.24, 2.45) is 0 Å². The second-order valence-corrected chi connectivity index (χ2v) is 5.86. The van der Waals surface area contributed by atoms with Gasteiger partial charge in [-0.3, -0.25) is 9.59 Å². The van der Waals surface area contributed by atoms with Gasteiger partial charge in [0.15, 0.2) is 18.2 Å². The summed E-state index contributed by atoms with van der Waals surface area (Å²) >= 11 is 0. The Balaban J connectivity index is 1.46. The van der Waals surface area contributed by atoms with E-state index in [2.05, 4.69) is 0 Å². The van der Waals surface area contributed by atoms with E-state index in [-0.39, 0.29) is 5.56 Å². The molecule has 7 nitrogen and oxygen atoms in total. The molecule has 0 fully saturated rings. The molecule has 0 radical (unpaired) electrons. The predicted octanol–water partition coefficient (Wildman–Crippen LogP) is 2.26. The third kappa shape index (κ3) is 2.77. The van der Waals surface area contributed by atoms with Gasteiger partial charge in [-0.1, -0.05) is 12.1 Å². The van der Waals surface area contributed by atoms with Gasteiger partial charge in [0.2, 0.25) is 0 Å². The van der Waals surface area contributed by atoms with Gasteiger partial charge in [-0.2, -0.15) is 0 Å². The normalized spacial score (nSPS) is 15.5. The van der Waals surface area contributed by atoms with E-state index in [4.69, 9.17) is 14.2 Å². The molecule has 2 amide bonds. The molecule has 7 heteroatoms. The molecule has 0 aliphatic carbocycles. The van der Waals surface area contributed by atoms with Crippen LogP contribution in [0.1, 0.15) is 37.5 Å². The van der Waals surface area contributed by atoms with Crippen molar-refractivity contribution in [3.8, 4) is 11.5 Å². The van der Waals surface area contributed by atoms with Crippen LogP contribution in [0.15, 0.2) is 42.5 Å². The maximum atomic E-state index is 12.3. The van der Waals surface area contributed by atoms with E-state index in [0.29, 0.717) is 35.8 Å². The fourth-order valence-corrected chi connectivity index (χ4v) is 2.85. The van der Waals surface area contributed by atoms with E-state index in [1.54, 1.807) is 36.4 Å². The van der Waals surface area contributed by atoms with Crippen LogP contribution in [0.25, 0.3) is 0 Å². The first-order valence-electron chi connectivity index (χ1n) is 8.17.